The first kappa shape index (κ1) is 16.5. The van der Waals surface area contributed by atoms with Crippen molar-refractivity contribution >= 4 is 17.8 Å². The molecule has 0 radical (unpaired) electrons. The molecule has 2 aliphatic rings. The van der Waals surface area contributed by atoms with Gasteiger partial charge in [0.15, 0.2) is 0 Å². The van der Waals surface area contributed by atoms with E-state index in [1.165, 1.54) is 6.42 Å². The van der Waals surface area contributed by atoms with E-state index in [2.05, 4.69) is 10.6 Å². The van der Waals surface area contributed by atoms with E-state index in [1.807, 2.05) is 30.3 Å². The molecule has 1 unspecified atom stereocenters. The molecule has 0 spiro atoms. The Morgan fingerprint density at radius 1 is 1.12 bits per heavy atom. The van der Waals surface area contributed by atoms with Crippen LogP contribution in [0, 0.1) is 0 Å². The Morgan fingerprint density at radius 2 is 1.83 bits per heavy atom. The van der Waals surface area contributed by atoms with Gasteiger partial charge in [0.05, 0.1) is 0 Å². The van der Waals surface area contributed by atoms with E-state index in [-0.39, 0.29) is 24.4 Å². The number of hydrogen-bond acceptors (Lipinski definition) is 3. The Kier molecular flexibility index (Phi) is 5.13. The highest BCUT2D eigenvalue weighted by molar-refractivity contribution is 6.06. The van der Waals surface area contributed by atoms with Gasteiger partial charge in [0.25, 0.3) is 5.91 Å². The van der Waals surface area contributed by atoms with Gasteiger partial charge in [0.2, 0.25) is 5.91 Å². The number of urea groups is 1. The SMILES string of the molecule is O=C(CN1C(=O)NC(Cc2ccccc2)C1=O)NC1CCCCC1. The van der Waals surface area contributed by atoms with Crippen LogP contribution >= 0.6 is 0 Å². The van der Waals surface area contributed by atoms with Gasteiger partial charge in [-0.2, -0.15) is 0 Å². The van der Waals surface area contributed by atoms with Gasteiger partial charge in [0.1, 0.15) is 12.6 Å². The van der Waals surface area contributed by atoms with Gasteiger partial charge < -0.3 is 10.6 Å². The Morgan fingerprint density at radius 3 is 2.54 bits per heavy atom. The van der Waals surface area contributed by atoms with Crippen molar-refractivity contribution in [1.29, 1.82) is 0 Å². The quantitative estimate of drug-likeness (QED) is 0.806. The molecule has 24 heavy (non-hydrogen) atoms. The van der Waals surface area contributed by atoms with Gasteiger partial charge in [-0.25, -0.2) is 4.79 Å². The van der Waals surface area contributed by atoms with Crippen LogP contribution in [-0.4, -0.2) is 41.4 Å². The number of hydrogen-bond donors (Lipinski definition) is 2. The van der Waals surface area contributed by atoms with Crippen molar-refractivity contribution in [3.63, 3.8) is 0 Å². The molecule has 1 atom stereocenters. The molecular formula is C18H23N3O3. The van der Waals surface area contributed by atoms with E-state index in [4.69, 9.17) is 0 Å². The highest BCUT2D eigenvalue weighted by Crippen LogP contribution is 2.17. The van der Waals surface area contributed by atoms with E-state index < -0.39 is 12.1 Å². The largest absolute Gasteiger partial charge is 0.352 e. The third kappa shape index (κ3) is 3.93. The lowest BCUT2D eigenvalue weighted by atomic mass is 9.95. The molecule has 1 saturated heterocycles. The van der Waals surface area contributed by atoms with Crippen molar-refractivity contribution in [2.45, 2.75) is 50.6 Å². The second kappa shape index (κ2) is 7.47. The van der Waals surface area contributed by atoms with Crippen LogP contribution in [0.25, 0.3) is 0 Å². The lowest BCUT2D eigenvalue weighted by molar-refractivity contribution is -0.132. The van der Waals surface area contributed by atoms with Crippen LogP contribution in [0.15, 0.2) is 30.3 Å². The van der Waals surface area contributed by atoms with Gasteiger partial charge in [-0.15, -0.1) is 0 Å². The lowest BCUT2D eigenvalue weighted by Gasteiger charge is -2.23. The topological polar surface area (TPSA) is 78.5 Å². The molecule has 3 rings (SSSR count). The maximum Gasteiger partial charge on any atom is 0.325 e. The summed E-state index contributed by atoms with van der Waals surface area (Å²) in [6.45, 7) is -0.202. The second-order valence-electron chi connectivity index (χ2n) is 6.52. The van der Waals surface area contributed by atoms with Crippen LogP contribution in [0.3, 0.4) is 0 Å². The number of benzene rings is 1. The first-order valence-corrected chi connectivity index (χ1v) is 8.58. The minimum atomic E-state index is -0.595. The minimum Gasteiger partial charge on any atom is -0.352 e. The third-order valence-electron chi connectivity index (χ3n) is 4.66. The zero-order valence-electron chi connectivity index (χ0n) is 13.7. The van der Waals surface area contributed by atoms with E-state index in [0.29, 0.717) is 6.42 Å². The fourth-order valence-electron chi connectivity index (χ4n) is 3.38. The average molecular weight is 329 g/mol. The number of amides is 4. The highest BCUT2D eigenvalue weighted by Gasteiger charge is 2.39. The molecule has 1 heterocycles. The first-order valence-electron chi connectivity index (χ1n) is 8.58. The molecule has 128 valence electrons. The zero-order valence-corrected chi connectivity index (χ0v) is 13.7. The number of nitrogens with one attached hydrogen (secondary N) is 2. The number of carbonyl (C=O) groups is 3. The summed E-state index contributed by atoms with van der Waals surface area (Å²) >= 11 is 0. The molecule has 1 aromatic rings. The molecule has 2 fully saturated rings. The molecule has 6 nitrogen and oxygen atoms in total. The highest BCUT2D eigenvalue weighted by atomic mass is 16.2. The maximum absolute atomic E-state index is 12.4. The summed E-state index contributed by atoms with van der Waals surface area (Å²) < 4.78 is 0. The summed E-state index contributed by atoms with van der Waals surface area (Å²) in [5, 5.41) is 5.61. The normalized spacial score (nSPS) is 21.7. The Balaban J connectivity index is 1.54. The Labute approximate surface area is 141 Å². The molecule has 0 aromatic heterocycles. The summed E-state index contributed by atoms with van der Waals surface area (Å²) in [4.78, 5) is 37.6. The van der Waals surface area contributed by atoms with Crippen molar-refractivity contribution in [3.05, 3.63) is 35.9 Å². The van der Waals surface area contributed by atoms with E-state index in [0.717, 1.165) is 36.1 Å². The Hall–Kier alpha value is -2.37. The van der Waals surface area contributed by atoms with E-state index in [1.54, 1.807) is 0 Å². The van der Waals surface area contributed by atoms with Crippen molar-refractivity contribution in [3.8, 4) is 0 Å². The maximum atomic E-state index is 12.4. The summed E-state index contributed by atoms with van der Waals surface area (Å²) in [5.74, 6) is -0.589. The number of rotatable bonds is 5. The van der Waals surface area contributed by atoms with Crippen molar-refractivity contribution in [2.75, 3.05) is 6.54 Å². The van der Waals surface area contributed by atoms with Crippen LogP contribution in [0.1, 0.15) is 37.7 Å². The van der Waals surface area contributed by atoms with Crippen LogP contribution < -0.4 is 10.6 Å². The summed E-state index contributed by atoms with van der Waals surface area (Å²) in [5.41, 5.74) is 0.977. The molecule has 1 aliphatic carbocycles. The summed E-state index contributed by atoms with van der Waals surface area (Å²) in [6.07, 6.45) is 5.83. The Bertz CT molecular complexity index is 611. The fraction of sp³-hybridized carbons (Fsp3) is 0.500. The standard InChI is InChI=1S/C18H23N3O3/c22-16(19-14-9-5-2-6-10-14)12-21-17(23)15(20-18(21)24)11-13-7-3-1-4-8-13/h1,3-4,7-8,14-15H,2,5-6,9-12H2,(H,19,22)(H,20,24). The van der Waals surface area contributed by atoms with Gasteiger partial charge in [-0.3, -0.25) is 14.5 Å². The predicted molar refractivity (Wildman–Crippen MR) is 89.2 cm³/mol. The molecule has 6 heteroatoms. The predicted octanol–water partition coefficient (Wildman–Crippen LogP) is 1.60. The van der Waals surface area contributed by atoms with Crippen molar-refractivity contribution in [2.24, 2.45) is 0 Å². The molecular weight excluding hydrogens is 306 g/mol. The van der Waals surface area contributed by atoms with E-state index in [9.17, 15) is 14.4 Å². The monoisotopic (exact) mass is 329 g/mol. The fourth-order valence-corrected chi connectivity index (χ4v) is 3.38. The van der Waals surface area contributed by atoms with Gasteiger partial charge in [-0.1, -0.05) is 49.6 Å². The van der Waals surface area contributed by atoms with Gasteiger partial charge in [0, 0.05) is 12.5 Å². The molecule has 4 amide bonds. The summed E-state index contributed by atoms with van der Waals surface area (Å²) in [6, 6.07) is 8.61. The van der Waals surface area contributed by atoms with Crippen LogP contribution in [0.5, 0.6) is 0 Å². The van der Waals surface area contributed by atoms with Crippen LogP contribution in [0.2, 0.25) is 0 Å². The van der Waals surface area contributed by atoms with Crippen LogP contribution in [-0.2, 0) is 16.0 Å². The number of nitrogens with zero attached hydrogens (tertiary/aromatic N) is 1. The minimum absolute atomic E-state index is 0.173. The lowest BCUT2D eigenvalue weighted by Crippen LogP contribution is -2.45. The van der Waals surface area contributed by atoms with Gasteiger partial charge >= 0.3 is 6.03 Å². The third-order valence-corrected chi connectivity index (χ3v) is 4.66. The summed E-state index contributed by atoms with van der Waals surface area (Å²) in [7, 11) is 0. The van der Waals surface area contributed by atoms with Gasteiger partial charge in [-0.05, 0) is 18.4 Å². The molecule has 1 saturated carbocycles. The molecule has 1 aliphatic heterocycles. The smallest absolute Gasteiger partial charge is 0.325 e. The molecule has 0 bridgehead atoms. The van der Waals surface area contributed by atoms with Crippen molar-refractivity contribution < 1.29 is 14.4 Å². The number of carbonyl (C=O) groups excluding carboxylic acids is 3. The first-order chi connectivity index (χ1) is 11.6. The van der Waals surface area contributed by atoms with Crippen LogP contribution in [0.4, 0.5) is 4.79 Å². The average Bonchev–Trinajstić information content (AvgIpc) is 2.84. The number of imide groups is 1. The second-order valence-corrected chi connectivity index (χ2v) is 6.52. The zero-order chi connectivity index (χ0) is 16.9. The molecule has 2 N–H and O–H groups in total. The van der Waals surface area contributed by atoms with Crippen molar-refractivity contribution in [1.82, 2.24) is 15.5 Å². The van der Waals surface area contributed by atoms with E-state index >= 15 is 0 Å². The molecule has 1 aromatic carbocycles.